The van der Waals surface area contributed by atoms with Gasteiger partial charge in [0, 0.05) is 5.54 Å². The average molecular weight is 265 g/mol. The van der Waals surface area contributed by atoms with Gasteiger partial charge in [-0.05, 0) is 32.9 Å². The summed E-state index contributed by atoms with van der Waals surface area (Å²) in [6.45, 7) is 6.23. The minimum atomic E-state index is -0.00712. The maximum Gasteiger partial charge on any atom is 0.141 e. The van der Waals surface area contributed by atoms with Gasteiger partial charge in [-0.15, -0.1) is 24.8 Å². The number of nitrogen functional groups attached to an aromatic ring is 1. The molecule has 0 radical (unpaired) electrons. The van der Waals surface area contributed by atoms with E-state index in [1.54, 1.807) is 12.3 Å². The topological polar surface area (TPSA) is 74.8 Å². The van der Waals surface area contributed by atoms with E-state index >= 15 is 0 Å². The zero-order chi connectivity index (χ0) is 10.8. The lowest BCUT2D eigenvalue weighted by Crippen LogP contribution is -2.26. The first kappa shape index (κ1) is 17.4. The molecule has 16 heavy (non-hydrogen) atoms. The highest BCUT2D eigenvalue weighted by Crippen LogP contribution is 2.13. The minimum Gasteiger partial charge on any atom is -0.382 e. The molecule has 0 aliphatic carbocycles. The molecule has 1 aromatic rings. The number of nitrogens with zero attached hydrogens (tertiary/aromatic N) is 1. The Morgan fingerprint density at radius 3 is 2.19 bits per heavy atom. The van der Waals surface area contributed by atoms with Gasteiger partial charge in [0.2, 0.25) is 0 Å². The lowest BCUT2D eigenvalue weighted by molar-refractivity contribution is 0.633. The summed E-state index contributed by atoms with van der Waals surface area (Å²) in [5, 5.41) is 10.5. The van der Waals surface area contributed by atoms with Crippen LogP contribution >= 0.6 is 24.8 Å². The van der Waals surface area contributed by atoms with E-state index < -0.39 is 0 Å². The molecule has 0 aromatic carbocycles. The van der Waals surface area contributed by atoms with Crippen molar-refractivity contribution in [3.8, 4) is 0 Å². The lowest BCUT2D eigenvalue weighted by Gasteiger charge is -2.21. The SMILES string of the molecule is CC(C)(C)Nc1ccc(C(=N)N)nc1.Cl.Cl. The van der Waals surface area contributed by atoms with Crippen molar-refractivity contribution in [3.63, 3.8) is 0 Å². The van der Waals surface area contributed by atoms with E-state index in [-0.39, 0.29) is 36.2 Å². The highest BCUT2D eigenvalue weighted by molar-refractivity contribution is 5.93. The van der Waals surface area contributed by atoms with Crippen molar-refractivity contribution in [3.05, 3.63) is 24.0 Å². The van der Waals surface area contributed by atoms with Gasteiger partial charge in [-0.2, -0.15) is 0 Å². The molecule has 1 aromatic heterocycles. The van der Waals surface area contributed by atoms with Gasteiger partial charge in [0.25, 0.3) is 0 Å². The molecule has 0 bridgehead atoms. The van der Waals surface area contributed by atoms with Crippen LogP contribution in [0.25, 0.3) is 0 Å². The normalized spacial score (nSPS) is 9.69. The molecule has 1 rings (SSSR count). The van der Waals surface area contributed by atoms with Gasteiger partial charge in [0.1, 0.15) is 11.5 Å². The fourth-order valence-electron chi connectivity index (χ4n) is 1.06. The molecule has 0 amide bonds. The monoisotopic (exact) mass is 264 g/mol. The Bertz CT molecular complexity index is 330. The second-order valence-electron chi connectivity index (χ2n) is 4.22. The number of hydrogen-bond acceptors (Lipinski definition) is 3. The Kier molecular flexibility index (Phi) is 7.13. The van der Waals surface area contributed by atoms with Crippen molar-refractivity contribution in [2.45, 2.75) is 26.3 Å². The first-order valence-corrected chi connectivity index (χ1v) is 4.47. The molecular weight excluding hydrogens is 247 g/mol. The van der Waals surface area contributed by atoms with Crippen molar-refractivity contribution >= 4 is 36.3 Å². The summed E-state index contributed by atoms with van der Waals surface area (Å²) < 4.78 is 0. The van der Waals surface area contributed by atoms with E-state index in [1.807, 2.05) is 6.07 Å². The third kappa shape index (κ3) is 5.78. The van der Waals surface area contributed by atoms with Crippen LogP contribution < -0.4 is 11.1 Å². The number of nitrogens with two attached hydrogens (primary N) is 1. The second-order valence-corrected chi connectivity index (χ2v) is 4.22. The number of aromatic nitrogens is 1. The molecule has 0 unspecified atom stereocenters. The van der Waals surface area contributed by atoms with Gasteiger partial charge in [-0.25, -0.2) is 0 Å². The van der Waals surface area contributed by atoms with Crippen LogP contribution in [0.4, 0.5) is 5.69 Å². The molecule has 4 nitrogen and oxygen atoms in total. The van der Waals surface area contributed by atoms with Crippen LogP contribution in [0.15, 0.2) is 18.3 Å². The number of amidine groups is 1. The van der Waals surface area contributed by atoms with Crippen molar-refractivity contribution in [1.82, 2.24) is 4.98 Å². The van der Waals surface area contributed by atoms with E-state index in [4.69, 9.17) is 11.1 Å². The Morgan fingerprint density at radius 2 is 1.88 bits per heavy atom. The summed E-state index contributed by atoms with van der Waals surface area (Å²) in [6, 6.07) is 3.60. The van der Waals surface area contributed by atoms with Crippen LogP contribution in [0.3, 0.4) is 0 Å². The molecule has 0 saturated heterocycles. The smallest absolute Gasteiger partial charge is 0.141 e. The third-order valence-electron chi connectivity index (χ3n) is 1.56. The standard InChI is InChI=1S/C10H16N4.2ClH/c1-10(2,3)14-7-4-5-8(9(11)12)13-6-7;;/h4-6,14H,1-3H3,(H3,11,12);2*1H. The molecule has 4 N–H and O–H groups in total. The third-order valence-corrected chi connectivity index (χ3v) is 1.56. The lowest BCUT2D eigenvalue weighted by atomic mass is 10.1. The van der Waals surface area contributed by atoms with E-state index in [2.05, 4.69) is 31.1 Å². The van der Waals surface area contributed by atoms with Crippen LogP contribution in [-0.2, 0) is 0 Å². The summed E-state index contributed by atoms with van der Waals surface area (Å²) >= 11 is 0. The summed E-state index contributed by atoms with van der Waals surface area (Å²) in [5.41, 5.74) is 6.74. The number of rotatable bonds is 2. The summed E-state index contributed by atoms with van der Waals surface area (Å²) in [6.07, 6.45) is 1.68. The fourth-order valence-corrected chi connectivity index (χ4v) is 1.06. The fraction of sp³-hybridized carbons (Fsp3) is 0.400. The average Bonchev–Trinajstić information content (AvgIpc) is 2.02. The quantitative estimate of drug-likeness (QED) is 0.568. The van der Waals surface area contributed by atoms with Crippen LogP contribution in [-0.4, -0.2) is 16.4 Å². The molecule has 1 heterocycles. The van der Waals surface area contributed by atoms with Crippen molar-refractivity contribution in [2.75, 3.05) is 5.32 Å². The van der Waals surface area contributed by atoms with Gasteiger partial charge in [-0.3, -0.25) is 10.4 Å². The minimum absolute atomic E-state index is 0. The number of pyridine rings is 1. The molecule has 0 fully saturated rings. The van der Waals surface area contributed by atoms with Gasteiger partial charge in [-0.1, -0.05) is 0 Å². The molecule has 0 atom stereocenters. The van der Waals surface area contributed by atoms with Crippen molar-refractivity contribution in [1.29, 1.82) is 5.41 Å². The number of anilines is 1. The summed E-state index contributed by atoms with van der Waals surface area (Å²) in [7, 11) is 0. The van der Waals surface area contributed by atoms with Crippen LogP contribution in [0, 0.1) is 5.41 Å². The number of nitrogens with one attached hydrogen (secondary N) is 2. The highest BCUT2D eigenvalue weighted by atomic mass is 35.5. The Hall–Kier alpha value is -1.00. The Balaban J connectivity index is 0. The van der Waals surface area contributed by atoms with Gasteiger partial charge in [0.05, 0.1) is 11.9 Å². The zero-order valence-electron chi connectivity index (χ0n) is 9.57. The predicted octanol–water partition coefficient (Wildman–Crippen LogP) is 2.42. The van der Waals surface area contributed by atoms with Crippen LogP contribution in [0.2, 0.25) is 0 Å². The molecule has 0 spiro atoms. The molecule has 6 heteroatoms. The van der Waals surface area contributed by atoms with Gasteiger partial charge >= 0.3 is 0 Å². The Labute approximate surface area is 108 Å². The van der Waals surface area contributed by atoms with Crippen molar-refractivity contribution in [2.24, 2.45) is 5.73 Å². The van der Waals surface area contributed by atoms with Crippen LogP contribution in [0.1, 0.15) is 26.5 Å². The van der Waals surface area contributed by atoms with Gasteiger partial charge in [0.15, 0.2) is 0 Å². The van der Waals surface area contributed by atoms with E-state index in [0.29, 0.717) is 5.69 Å². The summed E-state index contributed by atoms with van der Waals surface area (Å²) in [4.78, 5) is 4.05. The maximum absolute atomic E-state index is 7.18. The second kappa shape index (κ2) is 6.55. The van der Waals surface area contributed by atoms with Crippen molar-refractivity contribution < 1.29 is 0 Å². The molecule has 0 aliphatic rings. The largest absolute Gasteiger partial charge is 0.382 e. The summed E-state index contributed by atoms with van der Waals surface area (Å²) in [5.74, 6) is -0.00712. The number of halogens is 2. The van der Waals surface area contributed by atoms with E-state index in [1.165, 1.54) is 0 Å². The first-order chi connectivity index (χ1) is 6.38. The van der Waals surface area contributed by atoms with Crippen LogP contribution in [0.5, 0.6) is 0 Å². The predicted molar refractivity (Wildman–Crippen MR) is 73.1 cm³/mol. The molecular formula is C10H18Cl2N4. The molecule has 92 valence electrons. The number of hydrogen-bond donors (Lipinski definition) is 3. The highest BCUT2D eigenvalue weighted by Gasteiger charge is 2.09. The first-order valence-electron chi connectivity index (χ1n) is 4.47. The van der Waals surface area contributed by atoms with E-state index in [0.717, 1.165) is 5.69 Å². The van der Waals surface area contributed by atoms with Gasteiger partial charge < -0.3 is 11.1 Å². The van der Waals surface area contributed by atoms with E-state index in [9.17, 15) is 0 Å². The molecule has 0 saturated carbocycles. The maximum atomic E-state index is 7.18. The molecule has 0 aliphatic heterocycles. The zero-order valence-corrected chi connectivity index (χ0v) is 11.2. The Morgan fingerprint density at radius 1 is 1.31 bits per heavy atom.